The third-order valence-corrected chi connectivity index (χ3v) is 4.56. The maximum atomic E-state index is 12.9. The predicted octanol–water partition coefficient (Wildman–Crippen LogP) is 1.76. The maximum Gasteiger partial charge on any atom is 0.271 e. The standard InChI is InChI=1S/C18H25IN6O3/c1-5-13-14(15(16(20)26)23-25(13)8-7-24(3)4)22-17(27)12-9-11(19)10-21-18(12)28-6-2/h9-10H,5-8H2,1-4H3,(H2,20,26)(H,22,27). The third kappa shape index (κ3) is 5.19. The second-order valence-corrected chi connectivity index (χ2v) is 7.55. The van der Waals surface area contributed by atoms with E-state index >= 15 is 0 Å². The number of rotatable bonds is 9. The molecule has 0 aliphatic carbocycles. The first-order chi connectivity index (χ1) is 13.3. The molecule has 0 bridgehead atoms. The van der Waals surface area contributed by atoms with Gasteiger partial charge in [-0.25, -0.2) is 4.98 Å². The lowest BCUT2D eigenvalue weighted by Gasteiger charge is -2.13. The van der Waals surface area contributed by atoms with Gasteiger partial charge in [0.2, 0.25) is 5.88 Å². The van der Waals surface area contributed by atoms with E-state index in [1.165, 1.54) is 0 Å². The van der Waals surface area contributed by atoms with Crippen LogP contribution in [0.5, 0.6) is 5.88 Å². The van der Waals surface area contributed by atoms with Crippen molar-refractivity contribution in [3.63, 3.8) is 0 Å². The summed E-state index contributed by atoms with van der Waals surface area (Å²) in [6.07, 6.45) is 2.19. The molecule has 0 saturated carbocycles. The Bertz CT molecular complexity index is 865. The van der Waals surface area contributed by atoms with Gasteiger partial charge in [0, 0.05) is 16.3 Å². The average Bonchev–Trinajstić information content (AvgIpc) is 2.99. The Kier molecular flexibility index (Phi) is 7.75. The van der Waals surface area contributed by atoms with Crippen LogP contribution in [0, 0.1) is 3.57 Å². The Morgan fingerprint density at radius 2 is 2.07 bits per heavy atom. The molecule has 28 heavy (non-hydrogen) atoms. The van der Waals surface area contributed by atoms with Gasteiger partial charge in [-0.05, 0) is 56.1 Å². The molecule has 0 radical (unpaired) electrons. The zero-order valence-electron chi connectivity index (χ0n) is 16.5. The number of pyridine rings is 1. The van der Waals surface area contributed by atoms with Gasteiger partial charge in [-0.2, -0.15) is 5.10 Å². The van der Waals surface area contributed by atoms with E-state index in [1.54, 1.807) is 16.9 Å². The molecule has 2 aromatic rings. The Hall–Kier alpha value is -2.21. The highest BCUT2D eigenvalue weighted by Gasteiger charge is 2.24. The van der Waals surface area contributed by atoms with Gasteiger partial charge in [-0.1, -0.05) is 6.92 Å². The quantitative estimate of drug-likeness (QED) is 0.508. The summed E-state index contributed by atoms with van der Waals surface area (Å²) < 4.78 is 7.97. The Morgan fingerprint density at radius 3 is 2.64 bits per heavy atom. The number of nitrogens with one attached hydrogen (secondary N) is 1. The largest absolute Gasteiger partial charge is 0.477 e. The molecule has 0 spiro atoms. The molecule has 3 N–H and O–H groups in total. The first-order valence-electron chi connectivity index (χ1n) is 8.92. The number of ether oxygens (including phenoxy) is 1. The molecule has 2 rings (SSSR count). The van der Waals surface area contributed by atoms with Crippen LogP contribution in [0.3, 0.4) is 0 Å². The number of aromatic nitrogens is 3. The first kappa shape index (κ1) is 22.1. The van der Waals surface area contributed by atoms with Crippen LogP contribution in [0.4, 0.5) is 5.69 Å². The highest BCUT2D eigenvalue weighted by atomic mass is 127. The lowest BCUT2D eigenvalue weighted by atomic mass is 10.2. The van der Waals surface area contributed by atoms with Crippen molar-refractivity contribution in [2.45, 2.75) is 26.8 Å². The summed E-state index contributed by atoms with van der Waals surface area (Å²) in [7, 11) is 3.90. The average molecular weight is 500 g/mol. The SMILES string of the molecule is CCOc1ncc(I)cc1C(=O)Nc1c(C(N)=O)nn(CCN(C)C)c1CC. The number of carbonyl (C=O) groups is 2. The third-order valence-electron chi connectivity index (χ3n) is 3.97. The van der Waals surface area contributed by atoms with E-state index in [9.17, 15) is 9.59 Å². The summed E-state index contributed by atoms with van der Waals surface area (Å²) in [4.78, 5) is 31.1. The molecular weight excluding hydrogens is 475 g/mol. The van der Waals surface area contributed by atoms with Crippen LogP contribution in [0.15, 0.2) is 12.3 Å². The molecule has 0 fully saturated rings. The summed E-state index contributed by atoms with van der Waals surface area (Å²) in [5.74, 6) is -0.891. The molecule has 0 saturated heterocycles. The van der Waals surface area contributed by atoms with E-state index in [2.05, 4.69) is 38.0 Å². The smallest absolute Gasteiger partial charge is 0.271 e. The second kappa shape index (κ2) is 9.82. The van der Waals surface area contributed by atoms with Crippen LogP contribution in [-0.2, 0) is 13.0 Å². The normalized spacial score (nSPS) is 10.9. The van der Waals surface area contributed by atoms with E-state index in [0.29, 0.717) is 25.3 Å². The summed E-state index contributed by atoms with van der Waals surface area (Å²) >= 11 is 2.07. The summed E-state index contributed by atoms with van der Waals surface area (Å²) in [5.41, 5.74) is 6.91. The molecule has 2 heterocycles. The van der Waals surface area contributed by atoms with E-state index in [1.807, 2.05) is 32.8 Å². The number of hydrogen-bond donors (Lipinski definition) is 2. The van der Waals surface area contributed by atoms with Gasteiger partial charge in [-0.3, -0.25) is 14.3 Å². The Morgan fingerprint density at radius 1 is 1.36 bits per heavy atom. The predicted molar refractivity (Wildman–Crippen MR) is 115 cm³/mol. The number of primary amides is 1. The molecule has 0 unspecified atom stereocenters. The van der Waals surface area contributed by atoms with Gasteiger partial charge in [0.25, 0.3) is 11.8 Å². The molecule has 0 aliphatic rings. The Balaban J connectivity index is 2.43. The Labute approximate surface area is 177 Å². The van der Waals surface area contributed by atoms with Gasteiger partial charge in [0.15, 0.2) is 5.69 Å². The number of carbonyl (C=O) groups excluding carboxylic acids is 2. The van der Waals surface area contributed by atoms with Crippen molar-refractivity contribution in [3.8, 4) is 5.88 Å². The minimum absolute atomic E-state index is 0.0421. The molecule has 0 atom stereocenters. The van der Waals surface area contributed by atoms with E-state index in [4.69, 9.17) is 10.5 Å². The molecule has 2 aromatic heterocycles. The zero-order valence-corrected chi connectivity index (χ0v) is 18.6. The van der Waals surface area contributed by atoms with Crippen molar-refractivity contribution in [1.82, 2.24) is 19.7 Å². The fourth-order valence-corrected chi connectivity index (χ4v) is 3.11. The van der Waals surface area contributed by atoms with Crippen molar-refractivity contribution in [2.24, 2.45) is 5.73 Å². The lowest BCUT2D eigenvalue weighted by Crippen LogP contribution is -2.20. The van der Waals surface area contributed by atoms with Gasteiger partial charge >= 0.3 is 0 Å². The number of nitrogens with zero attached hydrogens (tertiary/aromatic N) is 4. The minimum Gasteiger partial charge on any atom is -0.477 e. The molecule has 10 heteroatoms. The molecule has 0 aromatic carbocycles. The van der Waals surface area contributed by atoms with Crippen molar-refractivity contribution >= 4 is 40.1 Å². The van der Waals surface area contributed by atoms with Crippen molar-refractivity contribution in [1.29, 1.82) is 0 Å². The van der Waals surface area contributed by atoms with E-state index in [0.717, 1.165) is 15.8 Å². The van der Waals surface area contributed by atoms with Crippen LogP contribution < -0.4 is 15.8 Å². The lowest BCUT2D eigenvalue weighted by molar-refractivity contribution is 0.0995. The van der Waals surface area contributed by atoms with Crippen LogP contribution in [0.1, 0.15) is 40.4 Å². The summed E-state index contributed by atoms with van der Waals surface area (Å²) in [6.45, 7) is 5.43. The number of nitrogens with two attached hydrogens (primary N) is 1. The van der Waals surface area contributed by atoms with E-state index in [-0.39, 0.29) is 17.1 Å². The summed E-state index contributed by atoms with van der Waals surface area (Å²) in [6, 6.07) is 1.68. The number of halogens is 1. The van der Waals surface area contributed by atoms with Gasteiger partial charge in [-0.15, -0.1) is 0 Å². The first-order valence-corrected chi connectivity index (χ1v) is 10.00. The summed E-state index contributed by atoms with van der Waals surface area (Å²) in [5, 5.41) is 7.13. The van der Waals surface area contributed by atoms with Gasteiger partial charge < -0.3 is 20.7 Å². The van der Waals surface area contributed by atoms with Crippen LogP contribution in [0.2, 0.25) is 0 Å². The number of hydrogen-bond acceptors (Lipinski definition) is 6. The van der Waals surface area contributed by atoms with Gasteiger partial charge in [0.1, 0.15) is 5.56 Å². The molecule has 2 amide bonds. The highest BCUT2D eigenvalue weighted by molar-refractivity contribution is 14.1. The van der Waals surface area contributed by atoms with Crippen LogP contribution in [-0.4, -0.2) is 58.7 Å². The minimum atomic E-state index is -0.695. The maximum absolute atomic E-state index is 12.9. The van der Waals surface area contributed by atoms with Crippen molar-refractivity contribution in [2.75, 3.05) is 32.6 Å². The second-order valence-electron chi connectivity index (χ2n) is 6.31. The molecule has 9 nitrogen and oxygen atoms in total. The monoisotopic (exact) mass is 500 g/mol. The number of likely N-dealkylation sites (N-methyl/N-ethyl adjacent to an activating group) is 1. The topological polar surface area (TPSA) is 115 Å². The van der Waals surface area contributed by atoms with Crippen molar-refractivity contribution in [3.05, 3.63) is 32.8 Å². The van der Waals surface area contributed by atoms with Gasteiger partial charge in [0.05, 0.1) is 24.5 Å². The molecular formula is C18H25IN6O3. The zero-order chi connectivity index (χ0) is 20.8. The molecule has 152 valence electrons. The fourth-order valence-electron chi connectivity index (χ4n) is 2.66. The number of amides is 2. The van der Waals surface area contributed by atoms with Crippen LogP contribution in [0.25, 0.3) is 0 Å². The highest BCUT2D eigenvalue weighted by Crippen LogP contribution is 2.25. The molecule has 0 aliphatic heterocycles. The number of anilines is 1. The van der Waals surface area contributed by atoms with E-state index < -0.39 is 11.8 Å². The van der Waals surface area contributed by atoms with Crippen LogP contribution >= 0.6 is 22.6 Å². The van der Waals surface area contributed by atoms with Crippen molar-refractivity contribution < 1.29 is 14.3 Å². The fraction of sp³-hybridized carbons (Fsp3) is 0.444.